The van der Waals surface area contributed by atoms with Gasteiger partial charge in [0.2, 0.25) is 0 Å². The minimum atomic E-state index is -1.10. The van der Waals surface area contributed by atoms with Gasteiger partial charge in [-0.15, -0.1) is 0 Å². The first-order valence-electron chi connectivity index (χ1n) is 4.28. The SMILES string of the molecule is O=C(O)CCC(=O)c1c(O)cccc1O. The van der Waals surface area contributed by atoms with Gasteiger partial charge in [0.25, 0.3) is 0 Å². The second kappa shape index (κ2) is 4.45. The average molecular weight is 210 g/mol. The van der Waals surface area contributed by atoms with E-state index in [9.17, 15) is 19.8 Å². The van der Waals surface area contributed by atoms with Crippen molar-refractivity contribution in [3.05, 3.63) is 23.8 Å². The highest BCUT2D eigenvalue weighted by Gasteiger charge is 2.16. The van der Waals surface area contributed by atoms with E-state index in [4.69, 9.17) is 5.11 Å². The summed E-state index contributed by atoms with van der Waals surface area (Å²) in [5.74, 6) is -2.37. The van der Waals surface area contributed by atoms with E-state index in [0.29, 0.717) is 0 Å². The third-order valence-corrected chi connectivity index (χ3v) is 1.87. The van der Waals surface area contributed by atoms with Crippen LogP contribution in [0.5, 0.6) is 11.5 Å². The first-order chi connectivity index (χ1) is 7.02. The molecule has 5 heteroatoms. The molecular formula is C10H10O5. The lowest BCUT2D eigenvalue weighted by Gasteiger charge is -2.04. The summed E-state index contributed by atoms with van der Waals surface area (Å²) in [4.78, 5) is 21.6. The Bertz CT molecular complexity index is 377. The Morgan fingerprint density at radius 2 is 1.60 bits per heavy atom. The molecular weight excluding hydrogens is 200 g/mol. The molecule has 0 bridgehead atoms. The molecule has 1 aromatic rings. The number of ketones is 1. The molecule has 0 saturated carbocycles. The fourth-order valence-corrected chi connectivity index (χ4v) is 1.16. The van der Waals surface area contributed by atoms with Gasteiger partial charge >= 0.3 is 5.97 Å². The van der Waals surface area contributed by atoms with Gasteiger partial charge < -0.3 is 15.3 Å². The zero-order valence-electron chi connectivity index (χ0n) is 7.80. The minimum Gasteiger partial charge on any atom is -0.507 e. The summed E-state index contributed by atoms with van der Waals surface area (Å²) in [6.07, 6.45) is -0.576. The fourth-order valence-electron chi connectivity index (χ4n) is 1.16. The lowest BCUT2D eigenvalue weighted by atomic mass is 10.0. The second-order valence-corrected chi connectivity index (χ2v) is 2.99. The normalized spacial score (nSPS) is 9.87. The van der Waals surface area contributed by atoms with Crippen LogP contribution in [0, 0.1) is 0 Å². The first-order valence-corrected chi connectivity index (χ1v) is 4.28. The summed E-state index contributed by atoms with van der Waals surface area (Å²) < 4.78 is 0. The van der Waals surface area contributed by atoms with Crippen LogP contribution in [0.3, 0.4) is 0 Å². The quantitative estimate of drug-likeness (QED) is 0.648. The van der Waals surface area contributed by atoms with Gasteiger partial charge in [-0.25, -0.2) is 0 Å². The predicted octanol–water partition coefficient (Wildman–Crippen LogP) is 1.15. The smallest absolute Gasteiger partial charge is 0.303 e. The minimum absolute atomic E-state index is 0.223. The third-order valence-electron chi connectivity index (χ3n) is 1.87. The Morgan fingerprint density at radius 1 is 1.07 bits per heavy atom. The van der Waals surface area contributed by atoms with Gasteiger partial charge in [0.15, 0.2) is 5.78 Å². The standard InChI is InChI=1S/C10H10O5/c11-6-2-1-3-7(12)10(6)8(13)4-5-9(14)15/h1-3,11-12H,4-5H2,(H,14,15). The number of phenols is 2. The first kappa shape index (κ1) is 11.0. The van der Waals surface area contributed by atoms with Gasteiger partial charge in [-0.3, -0.25) is 9.59 Å². The second-order valence-electron chi connectivity index (χ2n) is 2.99. The lowest BCUT2D eigenvalue weighted by Crippen LogP contribution is -2.04. The Balaban J connectivity index is 2.86. The van der Waals surface area contributed by atoms with E-state index in [2.05, 4.69) is 0 Å². The number of carboxylic acids is 1. The van der Waals surface area contributed by atoms with Crippen molar-refractivity contribution in [1.82, 2.24) is 0 Å². The third kappa shape index (κ3) is 2.70. The monoisotopic (exact) mass is 210 g/mol. The maximum absolute atomic E-state index is 11.4. The van der Waals surface area contributed by atoms with Crippen LogP contribution in [0.2, 0.25) is 0 Å². The zero-order valence-corrected chi connectivity index (χ0v) is 7.80. The molecule has 0 heterocycles. The Kier molecular flexibility index (Phi) is 3.28. The Hall–Kier alpha value is -2.04. The Labute approximate surface area is 85.6 Å². The van der Waals surface area contributed by atoms with E-state index < -0.39 is 11.8 Å². The van der Waals surface area contributed by atoms with E-state index >= 15 is 0 Å². The van der Waals surface area contributed by atoms with E-state index in [0.717, 1.165) is 0 Å². The number of carboxylic acid groups (broad SMARTS) is 1. The number of carbonyl (C=O) groups is 2. The largest absolute Gasteiger partial charge is 0.507 e. The average Bonchev–Trinajstić information content (AvgIpc) is 2.14. The molecule has 15 heavy (non-hydrogen) atoms. The molecule has 5 nitrogen and oxygen atoms in total. The van der Waals surface area contributed by atoms with E-state index in [1.807, 2.05) is 0 Å². The van der Waals surface area contributed by atoms with E-state index in [1.165, 1.54) is 18.2 Å². The molecule has 0 radical (unpaired) electrons. The number of hydrogen-bond acceptors (Lipinski definition) is 4. The van der Waals surface area contributed by atoms with Gasteiger partial charge in [-0.1, -0.05) is 6.07 Å². The molecule has 1 aromatic carbocycles. The molecule has 0 aliphatic carbocycles. The number of aliphatic carboxylic acids is 1. The van der Waals surface area contributed by atoms with Crippen molar-refractivity contribution in [2.24, 2.45) is 0 Å². The van der Waals surface area contributed by atoms with Crippen molar-refractivity contribution >= 4 is 11.8 Å². The fraction of sp³-hybridized carbons (Fsp3) is 0.200. The van der Waals surface area contributed by atoms with Crippen molar-refractivity contribution in [2.75, 3.05) is 0 Å². The summed E-state index contributed by atoms with van der Waals surface area (Å²) in [5, 5.41) is 27.0. The van der Waals surface area contributed by atoms with Crippen LogP contribution < -0.4 is 0 Å². The molecule has 0 fully saturated rings. The van der Waals surface area contributed by atoms with Crippen LogP contribution in [-0.2, 0) is 4.79 Å². The maximum Gasteiger partial charge on any atom is 0.303 e. The topological polar surface area (TPSA) is 94.8 Å². The van der Waals surface area contributed by atoms with Crippen LogP contribution in [0.25, 0.3) is 0 Å². The van der Waals surface area contributed by atoms with Gasteiger partial charge in [0.1, 0.15) is 17.1 Å². The molecule has 3 N–H and O–H groups in total. The molecule has 0 atom stereocenters. The number of rotatable bonds is 4. The lowest BCUT2D eigenvalue weighted by molar-refractivity contribution is -0.136. The summed E-state index contributed by atoms with van der Waals surface area (Å²) in [6, 6.07) is 3.90. The van der Waals surface area contributed by atoms with E-state index in [1.54, 1.807) is 0 Å². The molecule has 0 aromatic heterocycles. The molecule has 0 unspecified atom stereocenters. The molecule has 0 aliphatic heterocycles. The highest BCUT2D eigenvalue weighted by molar-refractivity contribution is 6.02. The molecule has 0 spiro atoms. The van der Waals surface area contributed by atoms with Crippen LogP contribution in [-0.4, -0.2) is 27.1 Å². The molecule has 1 rings (SSSR count). The van der Waals surface area contributed by atoms with Crippen LogP contribution in [0.1, 0.15) is 23.2 Å². The molecule has 0 saturated heterocycles. The maximum atomic E-state index is 11.4. The van der Waals surface area contributed by atoms with Gasteiger partial charge in [-0.05, 0) is 12.1 Å². The number of benzene rings is 1. The number of phenolic OH excluding ortho intramolecular Hbond substituents is 2. The van der Waals surface area contributed by atoms with Crippen LogP contribution in [0.15, 0.2) is 18.2 Å². The number of aromatic hydroxyl groups is 2. The van der Waals surface area contributed by atoms with Crippen LogP contribution >= 0.6 is 0 Å². The number of carbonyl (C=O) groups excluding carboxylic acids is 1. The number of Topliss-reactive ketones (excluding diaryl/α,β-unsaturated/α-hetero) is 1. The Morgan fingerprint density at radius 3 is 2.07 bits per heavy atom. The summed E-state index contributed by atoms with van der Waals surface area (Å²) in [6.45, 7) is 0. The highest BCUT2D eigenvalue weighted by atomic mass is 16.4. The van der Waals surface area contributed by atoms with Crippen molar-refractivity contribution in [3.63, 3.8) is 0 Å². The zero-order chi connectivity index (χ0) is 11.4. The summed E-state index contributed by atoms with van der Waals surface area (Å²) in [7, 11) is 0. The molecule has 80 valence electrons. The van der Waals surface area contributed by atoms with Crippen LogP contribution in [0.4, 0.5) is 0 Å². The predicted molar refractivity (Wildman–Crippen MR) is 51.0 cm³/mol. The number of hydrogen-bond donors (Lipinski definition) is 3. The van der Waals surface area contributed by atoms with Crippen molar-refractivity contribution in [2.45, 2.75) is 12.8 Å². The molecule has 0 amide bonds. The highest BCUT2D eigenvalue weighted by Crippen LogP contribution is 2.27. The summed E-state index contributed by atoms with van der Waals surface area (Å²) in [5.41, 5.74) is -0.223. The summed E-state index contributed by atoms with van der Waals surface area (Å²) >= 11 is 0. The van der Waals surface area contributed by atoms with Gasteiger partial charge in [0.05, 0.1) is 6.42 Å². The van der Waals surface area contributed by atoms with E-state index in [-0.39, 0.29) is 29.9 Å². The van der Waals surface area contributed by atoms with Gasteiger partial charge in [0, 0.05) is 6.42 Å². The van der Waals surface area contributed by atoms with Crippen molar-refractivity contribution in [3.8, 4) is 11.5 Å². The molecule has 0 aliphatic rings. The van der Waals surface area contributed by atoms with Crippen molar-refractivity contribution < 1.29 is 24.9 Å². The van der Waals surface area contributed by atoms with Crippen molar-refractivity contribution in [1.29, 1.82) is 0 Å². The van der Waals surface area contributed by atoms with Gasteiger partial charge in [-0.2, -0.15) is 0 Å².